The Morgan fingerprint density at radius 1 is 1.12 bits per heavy atom. The smallest absolute Gasteiger partial charge is 0.123 e. The Labute approximate surface area is 187 Å². The molecule has 0 unspecified atom stereocenters. The molecule has 0 atom stereocenters. The van der Waals surface area contributed by atoms with Crippen LogP contribution in [0.5, 0.6) is 0 Å². The van der Waals surface area contributed by atoms with Crippen LogP contribution in [0.4, 0.5) is 4.39 Å². The molecule has 1 N–H and O–H groups in total. The zero-order chi connectivity index (χ0) is 22.3. The van der Waals surface area contributed by atoms with E-state index in [1.807, 2.05) is 54.6 Å². The quantitative estimate of drug-likeness (QED) is 0.354. The Morgan fingerprint density at radius 2 is 1.97 bits per heavy atom. The monoisotopic (exact) mass is 425 g/mol. The Morgan fingerprint density at radius 3 is 2.69 bits per heavy atom. The third-order valence-electron chi connectivity index (χ3n) is 5.02. The van der Waals surface area contributed by atoms with Gasteiger partial charge in [0, 0.05) is 43.4 Å². The zero-order valence-electron chi connectivity index (χ0n) is 17.9. The van der Waals surface area contributed by atoms with E-state index in [0.717, 1.165) is 47.5 Å². The molecule has 160 valence electrons. The third-order valence-corrected chi connectivity index (χ3v) is 5.02. The summed E-state index contributed by atoms with van der Waals surface area (Å²) in [7, 11) is 1.92. The number of hydrogen-bond donors (Lipinski definition) is 1. The lowest BCUT2D eigenvalue weighted by molar-refractivity contribution is 0.627. The minimum atomic E-state index is -0.277. The van der Waals surface area contributed by atoms with E-state index in [-0.39, 0.29) is 5.82 Å². The highest BCUT2D eigenvalue weighted by molar-refractivity contribution is 5.67. The van der Waals surface area contributed by atoms with E-state index >= 15 is 0 Å². The second-order valence-electron chi connectivity index (χ2n) is 7.47. The lowest BCUT2D eigenvalue weighted by Gasteiger charge is -2.12. The molecule has 0 aliphatic rings. The van der Waals surface area contributed by atoms with Crippen molar-refractivity contribution in [2.45, 2.75) is 12.8 Å². The molecule has 0 saturated heterocycles. The summed E-state index contributed by atoms with van der Waals surface area (Å²) in [6.07, 6.45) is 9.48. The standard InChI is InChI=1S/C26H24FN5/c1-20(28-14-3-5-22-18-30-31(2)19-22)23-10-13-26(32-16-4-15-29-32)24(17-23)9-6-21-7-11-25(27)12-8-21/h4,7-8,10-13,15-19,28H,1,3,5,14H2,2H3. The Hall–Kier alpha value is -4.11. The van der Waals surface area contributed by atoms with Crippen LogP contribution in [0, 0.1) is 17.7 Å². The molecule has 0 saturated carbocycles. The molecule has 0 aliphatic heterocycles. The molecule has 0 fully saturated rings. The number of nitrogens with one attached hydrogen (secondary N) is 1. The molecule has 4 rings (SSSR count). The highest BCUT2D eigenvalue weighted by Crippen LogP contribution is 2.19. The van der Waals surface area contributed by atoms with Crippen LogP contribution in [0.25, 0.3) is 11.4 Å². The van der Waals surface area contributed by atoms with Gasteiger partial charge in [-0.3, -0.25) is 4.68 Å². The van der Waals surface area contributed by atoms with Crippen molar-refractivity contribution in [1.29, 1.82) is 0 Å². The SMILES string of the molecule is C=C(NCCCc1cnn(C)c1)c1ccc(-n2cccn2)c(C#Cc2ccc(F)cc2)c1. The van der Waals surface area contributed by atoms with Crippen LogP contribution < -0.4 is 5.32 Å². The van der Waals surface area contributed by atoms with Crippen molar-refractivity contribution in [3.05, 3.63) is 108 Å². The Bertz CT molecular complexity index is 1260. The summed E-state index contributed by atoms with van der Waals surface area (Å²) in [5.74, 6) is 6.05. The van der Waals surface area contributed by atoms with Crippen molar-refractivity contribution in [3.8, 4) is 17.5 Å². The number of benzene rings is 2. The van der Waals surface area contributed by atoms with E-state index in [2.05, 4.69) is 33.9 Å². The fraction of sp³-hybridized carbons (Fsp3) is 0.154. The van der Waals surface area contributed by atoms with Gasteiger partial charge in [0.1, 0.15) is 5.82 Å². The molecule has 6 heteroatoms. The second-order valence-corrected chi connectivity index (χ2v) is 7.47. The van der Waals surface area contributed by atoms with Gasteiger partial charge >= 0.3 is 0 Å². The fourth-order valence-corrected chi connectivity index (χ4v) is 3.34. The van der Waals surface area contributed by atoms with Crippen LogP contribution in [0.1, 0.15) is 28.7 Å². The first-order valence-corrected chi connectivity index (χ1v) is 10.4. The number of rotatable bonds is 7. The second kappa shape index (κ2) is 9.80. The Kier molecular flexibility index (Phi) is 6.47. The largest absolute Gasteiger partial charge is 0.385 e. The van der Waals surface area contributed by atoms with Crippen LogP contribution >= 0.6 is 0 Å². The summed E-state index contributed by atoms with van der Waals surface area (Å²) in [5, 5.41) is 11.9. The van der Waals surface area contributed by atoms with Crippen molar-refractivity contribution in [2.75, 3.05) is 6.54 Å². The molecule has 0 spiro atoms. The fourth-order valence-electron chi connectivity index (χ4n) is 3.34. The first-order valence-electron chi connectivity index (χ1n) is 10.4. The van der Waals surface area contributed by atoms with Gasteiger partial charge in [-0.25, -0.2) is 9.07 Å². The van der Waals surface area contributed by atoms with Crippen LogP contribution in [-0.4, -0.2) is 26.1 Å². The van der Waals surface area contributed by atoms with Crippen molar-refractivity contribution in [1.82, 2.24) is 24.9 Å². The normalized spacial score (nSPS) is 10.4. The highest BCUT2D eigenvalue weighted by atomic mass is 19.1. The molecule has 4 aromatic rings. The van der Waals surface area contributed by atoms with E-state index in [9.17, 15) is 4.39 Å². The van der Waals surface area contributed by atoms with E-state index in [0.29, 0.717) is 0 Å². The van der Waals surface area contributed by atoms with Crippen molar-refractivity contribution in [2.24, 2.45) is 7.05 Å². The zero-order valence-corrected chi connectivity index (χ0v) is 17.9. The van der Waals surface area contributed by atoms with Gasteiger partial charge in [0.25, 0.3) is 0 Å². The van der Waals surface area contributed by atoms with Gasteiger partial charge in [-0.05, 0) is 66.4 Å². The molecular weight excluding hydrogens is 401 g/mol. The lowest BCUT2D eigenvalue weighted by Crippen LogP contribution is -2.14. The number of nitrogens with zero attached hydrogens (tertiary/aromatic N) is 4. The first kappa shape index (κ1) is 21.1. The predicted molar refractivity (Wildman–Crippen MR) is 125 cm³/mol. The summed E-state index contributed by atoms with van der Waals surface area (Å²) in [4.78, 5) is 0. The van der Waals surface area contributed by atoms with Crippen molar-refractivity contribution in [3.63, 3.8) is 0 Å². The maximum absolute atomic E-state index is 13.2. The molecule has 2 aromatic carbocycles. The van der Waals surface area contributed by atoms with Crippen molar-refractivity contribution < 1.29 is 4.39 Å². The maximum Gasteiger partial charge on any atom is 0.123 e. The average Bonchev–Trinajstić information content (AvgIpc) is 3.48. The number of halogens is 1. The number of aryl methyl sites for hydroxylation is 2. The maximum atomic E-state index is 13.2. The van der Waals surface area contributed by atoms with E-state index < -0.39 is 0 Å². The molecule has 5 nitrogen and oxygen atoms in total. The predicted octanol–water partition coefficient (Wildman–Crippen LogP) is 4.34. The van der Waals surface area contributed by atoms with Gasteiger partial charge in [-0.1, -0.05) is 24.5 Å². The molecule has 32 heavy (non-hydrogen) atoms. The number of aromatic nitrogens is 4. The number of hydrogen-bond acceptors (Lipinski definition) is 3. The van der Waals surface area contributed by atoms with E-state index in [1.165, 1.54) is 17.7 Å². The molecule has 2 aromatic heterocycles. The third kappa shape index (κ3) is 5.32. The Balaban J connectivity index is 1.49. The van der Waals surface area contributed by atoms with Crippen LogP contribution in [0.2, 0.25) is 0 Å². The van der Waals surface area contributed by atoms with Crippen LogP contribution in [0.3, 0.4) is 0 Å². The van der Waals surface area contributed by atoms with Gasteiger partial charge in [0.15, 0.2) is 0 Å². The van der Waals surface area contributed by atoms with Crippen LogP contribution in [-0.2, 0) is 13.5 Å². The summed E-state index contributed by atoms with van der Waals surface area (Å²) < 4.78 is 16.8. The van der Waals surface area contributed by atoms with Crippen LogP contribution in [0.15, 0.2) is 79.9 Å². The minimum Gasteiger partial charge on any atom is -0.385 e. The van der Waals surface area contributed by atoms with Gasteiger partial charge < -0.3 is 5.32 Å². The van der Waals surface area contributed by atoms with E-state index in [1.54, 1.807) is 23.0 Å². The minimum absolute atomic E-state index is 0.277. The molecule has 0 aliphatic carbocycles. The summed E-state index contributed by atoms with van der Waals surface area (Å²) >= 11 is 0. The van der Waals surface area contributed by atoms with Gasteiger partial charge in [-0.2, -0.15) is 10.2 Å². The topological polar surface area (TPSA) is 47.7 Å². The van der Waals surface area contributed by atoms with Gasteiger partial charge in [-0.15, -0.1) is 0 Å². The molecule has 0 radical (unpaired) electrons. The molecule has 0 bridgehead atoms. The molecular formula is C26H24FN5. The lowest BCUT2D eigenvalue weighted by atomic mass is 10.1. The summed E-state index contributed by atoms with van der Waals surface area (Å²) in [6.45, 7) is 5.01. The molecule has 2 heterocycles. The van der Waals surface area contributed by atoms with E-state index in [4.69, 9.17) is 0 Å². The summed E-state index contributed by atoms with van der Waals surface area (Å²) in [5.41, 5.74) is 5.46. The summed E-state index contributed by atoms with van der Waals surface area (Å²) in [6, 6.07) is 14.0. The van der Waals surface area contributed by atoms with Crippen molar-refractivity contribution >= 4 is 5.70 Å². The highest BCUT2D eigenvalue weighted by Gasteiger charge is 2.07. The van der Waals surface area contributed by atoms with Gasteiger partial charge in [0.05, 0.1) is 17.4 Å². The molecule has 0 amide bonds. The first-order chi connectivity index (χ1) is 15.6. The van der Waals surface area contributed by atoms with Gasteiger partial charge in [0.2, 0.25) is 0 Å². The average molecular weight is 426 g/mol.